The van der Waals surface area contributed by atoms with E-state index in [1.807, 2.05) is 18.2 Å². The van der Waals surface area contributed by atoms with Crippen LogP contribution in [0.25, 0.3) is 0 Å². The number of anilines is 1. The SMILES string of the molecule is CC(c1ccccc1Cl)N1CCN(Cc2nnc(C(=O)Nc3ccc(F)cc3)s2)CC1. The van der Waals surface area contributed by atoms with Crippen LogP contribution < -0.4 is 5.32 Å². The molecule has 1 N–H and O–H groups in total. The number of benzene rings is 2. The van der Waals surface area contributed by atoms with E-state index in [9.17, 15) is 9.18 Å². The van der Waals surface area contributed by atoms with Crippen molar-refractivity contribution in [3.8, 4) is 0 Å². The first-order valence-electron chi connectivity index (χ1n) is 10.1. The second-order valence-corrected chi connectivity index (χ2v) is 8.94. The number of carbonyl (C=O) groups is 1. The smallest absolute Gasteiger partial charge is 0.286 e. The van der Waals surface area contributed by atoms with Gasteiger partial charge in [-0.1, -0.05) is 41.1 Å². The lowest BCUT2D eigenvalue weighted by atomic mass is 10.1. The molecule has 2 heterocycles. The minimum absolute atomic E-state index is 0.263. The van der Waals surface area contributed by atoms with Crippen molar-refractivity contribution in [2.75, 3.05) is 31.5 Å². The second-order valence-electron chi connectivity index (χ2n) is 7.47. The van der Waals surface area contributed by atoms with Gasteiger partial charge >= 0.3 is 0 Å². The molecule has 0 aliphatic carbocycles. The highest BCUT2D eigenvalue weighted by Crippen LogP contribution is 2.28. The number of carbonyl (C=O) groups excluding carboxylic acids is 1. The molecule has 6 nitrogen and oxygen atoms in total. The summed E-state index contributed by atoms with van der Waals surface area (Å²) >= 11 is 7.64. The summed E-state index contributed by atoms with van der Waals surface area (Å²) in [6, 6.07) is 13.9. The Balaban J connectivity index is 1.29. The molecule has 1 aliphatic rings. The van der Waals surface area contributed by atoms with Crippen LogP contribution in [0.5, 0.6) is 0 Å². The maximum atomic E-state index is 13.0. The minimum atomic E-state index is -0.349. The Kier molecular flexibility index (Phi) is 6.92. The van der Waals surface area contributed by atoms with Crippen LogP contribution in [0.2, 0.25) is 5.02 Å². The van der Waals surface area contributed by atoms with Crippen molar-refractivity contribution in [2.24, 2.45) is 0 Å². The lowest BCUT2D eigenvalue weighted by molar-refractivity contribution is 0.0977. The molecule has 0 bridgehead atoms. The molecule has 1 aliphatic heterocycles. The summed E-state index contributed by atoms with van der Waals surface area (Å²) in [6.45, 7) is 6.53. The molecular formula is C22H23ClFN5OS. The molecule has 0 spiro atoms. The standard InChI is InChI=1S/C22H23ClFN5OS/c1-15(18-4-2-3-5-19(18)23)29-12-10-28(11-13-29)14-20-26-27-22(31-20)21(30)25-17-8-6-16(24)7-9-17/h2-9,15H,10-14H2,1H3,(H,25,30). The van der Waals surface area contributed by atoms with Crippen molar-refractivity contribution >= 4 is 34.5 Å². The molecule has 2 aromatic carbocycles. The molecule has 0 radical (unpaired) electrons. The lowest BCUT2D eigenvalue weighted by Gasteiger charge is -2.38. The molecule has 1 atom stereocenters. The quantitative estimate of drug-likeness (QED) is 0.589. The van der Waals surface area contributed by atoms with Gasteiger partial charge < -0.3 is 5.32 Å². The minimum Gasteiger partial charge on any atom is -0.320 e. The van der Waals surface area contributed by atoms with E-state index in [4.69, 9.17) is 11.6 Å². The first kappa shape index (κ1) is 21.8. The number of amides is 1. The van der Waals surface area contributed by atoms with Gasteiger partial charge in [0.25, 0.3) is 5.91 Å². The summed E-state index contributed by atoms with van der Waals surface area (Å²) in [6.07, 6.45) is 0. The van der Waals surface area contributed by atoms with Gasteiger partial charge in [-0.25, -0.2) is 4.39 Å². The maximum Gasteiger partial charge on any atom is 0.286 e. The third-order valence-electron chi connectivity index (χ3n) is 5.43. The van der Waals surface area contributed by atoms with Crippen LogP contribution >= 0.6 is 22.9 Å². The Bertz CT molecular complexity index is 1040. The van der Waals surface area contributed by atoms with Crippen molar-refractivity contribution in [1.82, 2.24) is 20.0 Å². The van der Waals surface area contributed by atoms with E-state index < -0.39 is 0 Å². The van der Waals surface area contributed by atoms with E-state index in [1.54, 1.807) is 0 Å². The average molecular weight is 460 g/mol. The molecule has 9 heteroatoms. The summed E-state index contributed by atoms with van der Waals surface area (Å²) in [5.74, 6) is -0.689. The van der Waals surface area contributed by atoms with Gasteiger partial charge in [0.15, 0.2) is 0 Å². The van der Waals surface area contributed by atoms with Gasteiger partial charge in [-0.05, 0) is 42.8 Å². The topological polar surface area (TPSA) is 61.4 Å². The summed E-state index contributed by atoms with van der Waals surface area (Å²) in [5.41, 5.74) is 1.67. The molecule has 1 saturated heterocycles. The number of nitrogens with one attached hydrogen (secondary N) is 1. The van der Waals surface area contributed by atoms with Crippen molar-refractivity contribution in [1.29, 1.82) is 0 Å². The number of nitrogens with zero attached hydrogens (tertiary/aromatic N) is 4. The first-order chi connectivity index (χ1) is 15.0. The van der Waals surface area contributed by atoms with Crippen LogP contribution in [0.3, 0.4) is 0 Å². The van der Waals surface area contributed by atoms with Crippen LogP contribution in [0.1, 0.15) is 33.3 Å². The predicted octanol–water partition coefficient (Wildman–Crippen LogP) is 4.46. The predicted molar refractivity (Wildman–Crippen MR) is 121 cm³/mol. The molecule has 31 heavy (non-hydrogen) atoms. The average Bonchev–Trinajstić information content (AvgIpc) is 3.24. The normalized spacial score (nSPS) is 16.2. The van der Waals surface area contributed by atoms with Gasteiger partial charge in [0, 0.05) is 42.9 Å². The van der Waals surface area contributed by atoms with Gasteiger partial charge in [0.1, 0.15) is 10.8 Å². The zero-order chi connectivity index (χ0) is 21.8. The molecule has 1 fully saturated rings. The Morgan fingerprint density at radius 2 is 1.84 bits per heavy atom. The van der Waals surface area contributed by atoms with Crippen molar-refractivity contribution in [2.45, 2.75) is 19.5 Å². The Hall–Kier alpha value is -2.39. The van der Waals surface area contributed by atoms with E-state index >= 15 is 0 Å². The van der Waals surface area contributed by atoms with E-state index in [0.717, 1.165) is 41.8 Å². The first-order valence-corrected chi connectivity index (χ1v) is 11.3. The van der Waals surface area contributed by atoms with E-state index in [0.29, 0.717) is 17.2 Å². The summed E-state index contributed by atoms with van der Waals surface area (Å²) in [5, 5.41) is 12.8. The van der Waals surface area contributed by atoms with Gasteiger partial charge in [-0.2, -0.15) is 0 Å². The zero-order valence-corrected chi connectivity index (χ0v) is 18.7. The van der Waals surface area contributed by atoms with Crippen LogP contribution in [-0.4, -0.2) is 52.1 Å². The van der Waals surface area contributed by atoms with E-state index in [1.165, 1.54) is 35.6 Å². The number of aromatic nitrogens is 2. The lowest BCUT2D eigenvalue weighted by Crippen LogP contribution is -2.46. The Labute approximate surface area is 189 Å². The molecule has 1 amide bonds. The highest BCUT2D eigenvalue weighted by Gasteiger charge is 2.24. The molecule has 4 rings (SSSR count). The number of hydrogen-bond acceptors (Lipinski definition) is 6. The Morgan fingerprint density at radius 1 is 1.13 bits per heavy atom. The fourth-order valence-electron chi connectivity index (χ4n) is 3.64. The molecule has 1 unspecified atom stereocenters. The molecule has 1 aromatic heterocycles. The maximum absolute atomic E-state index is 13.0. The van der Waals surface area contributed by atoms with Gasteiger partial charge in [-0.15, -0.1) is 10.2 Å². The van der Waals surface area contributed by atoms with Crippen molar-refractivity contribution < 1.29 is 9.18 Å². The number of rotatable bonds is 6. The van der Waals surface area contributed by atoms with Gasteiger partial charge in [0.05, 0.1) is 6.54 Å². The third-order valence-corrected chi connectivity index (χ3v) is 6.68. The molecule has 3 aromatic rings. The molecular weight excluding hydrogens is 437 g/mol. The van der Waals surface area contributed by atoms with E-state index in [-0.39, 0.29) is 17.8 Å². The molecule has 162 valence electrons. The summed E-state index contributed by atoms with van der Waals surface area (Å²) in [7, 11) is 0. The number of hydrogen-bond donors (Lipinski definition) is 1. The van der Waals surface area contributed by atoms with E-state index in [2.05, 4.69) is 38.3 Å². The summed E-state index contributed by atoms with van der Waals surface area (Å²) in [4.78, 5) is 17.1. The van der Waals surface area contributed by atoms with Crippen molar-refractivity contribution in [3.63, 3.8) is 0 Å². The fraction of sp³-hybridized carbons (Fsp3) is 0.318. The Morgan fingerprint density at radius 3 is 2.55 bits per heavy atom. The van der Waals surface area contributed by atoms with Gasteiger partial charge in [-0.3, -0.25) is 14.6 Å². The number of halogens is 2. The van der Waals surface area contributed by atoms with Gasteiger partial charge in [0.2, 0.25) is 5.01 Å². The fourth-order valence-corrected chi connectivity index (χ4v) is 4.71. The summed E-state index contributed by atoms with van der Waals surface area (Å²) < 4.78 is 13.0. The van der Waals surface area contributed by atoms with Crippen LogP contribution in [0, 0.1) is 5.82 Å². The van der Waals surface area contributed by atoms with Crippen LogP contribution in [-0.2, 0) is 6.54 Å². The highest BCUT2D eigenvalue weighted by atomic mass is 35.5. The second kappa shape index (κ2) is 9.82. The molecule has 0 saturated carbocycles. The third kappa shape index (κ3) is 5.46. The monoisotopic (exact) mass is 459 g/mol. The van der Waals surface area contributed by atoms with Crippen LogP contribution in [0.4, 0.5) is 10.1 Å². The van der Waals surface area contributed by atoms with Crippen LogP contribution in [0.15, 0.2) is 48.5 Å². The number of piperazine rings is 1. The highest BCUT2D eigenvalue weighted by molar-refractivity contribution is 7.13. The zero-order valence-electron chi connectivity index (χ0n) is 17.1. The largest absolute Gasteiger partial charge is 0.320 e. The van der Waals surface area contributed by atoms with Crippen molar-refractivity contribution in [3.05, 3.63) is 74.9 Å².